The van der Waals surface area contributed by atoms with Gasteiger partial charge in [0.2, 0.25) is 0 Å². The molecule has 2 aromatic rings. The zero-order valence-corrected chi connectivity index (χ0v) is 15.2. The molecule has 0 radical (unpaired) electrons. The van der Waals surface area contributed by atoms with Gasteiger partial charge in [0.05, 0.1) is 19.3 Å². The van der Waals surface area contributed by atoms with Crippen LogP contribution in [-0.4, -0.2) is 36.7 Å². The molecule has 1 fully saturated rings. The van der Waals surface area contributed by atoms with Gasteiger partial charge >= 0.3 is 0 Å². The molecule has 0 bridgehead atoms. The predicted molar refractivity (Wildman–Crippen MR) is 103 cm³/mol. The highest BCUT2D eigenvalue weighted by Crippen LogP contribution is 2.21. The molecule has 3 rings (SSSR count). The Morgan fingerprint density at radius 2 is 1.54 bits per heavy atom. The number of halogens is 2. The zero-order valence-electron chi connectivity index (χ0n) is 13.6. The molecule has 2 aromatic carbocycles. The maximum absolute atomic E-state index is 6.38. The van der Waals surface area contributed by atoms with Crippen LogP contribution >= 0.6 is 24.8 Å². The number of morpholine rings is 1. The Bertz CT molecular complexity index is 578. The van der Waals surface area contributed by atoms with Crippen molar-refractivity contribution in [3.63, 3.8) is 0 Å². The number of benzene rings is 2. The first-order valence-electron chi connectivity index (χ1n) is 7.52. The first-order chi connectivity index (χ1) is 10.3. The van der Waals surface area contributed by atoms with Crippen LogP contribution in [0.5, 0.6) is 0 Å². The molecule has 0 aromatic heterocycles. The van der Waals surface area contributed by atoms with Crippen LogP contribution in [-0.2, 0) is 11.3 Å². The molecule has 1 saturated heterocycles. The highest BCUT2D eigenvalue weighted by molar-refractivity contribution is 5.85. The summed E-state index contributed by atoms with van der Waals surface area (Å²) in [6.07, 6.45) is 0. The number of nitrogens with two attached hydrogens (primary N) is 1. The van der Waals surface area contributed by atoms with Gasteiger partial charge in [-0.1, -0.05) is 54.6 Å². The Kier molecular flexibility index (Phi) is 10.9. The van der Waals surface area contributed by atoms with Crippen molar-refractivity contribution in [1.29, 1.82) is 0 Å². The van der Waals surface area contributed by atoms with E-state index in [1.807, 2.05) is 18.2 Å². The molecule has 1 heterocycles. The summed E-state index contributed by atoms with van der Waals surface area (Å²) in [4.78, 5) is 2.43. The molecule has 6 heteroatoms. The molecule has 1 aliphatic heterocycles. The topological polar surface area (TPSA) is 70.0 Å². The molecule has 0 amide bonds. The standard InChI is InChI=1S/C18H22N2O.2ClH.H2O/c19-18(16-6-2-1-3-7-16)17-8-4-5-15(13-17)14-20-9-11-21-12-10-20;;;/h1-8,13,18H,9-12,14,19H2;2*1H;1H2. The van der Waals surface area contributed by atoms with E-state index in [4.69, 9.17) is 10.5 Å². The normalized spacial score (nSPS) is 15.4. The number of hydrogen-bond acceptors (Lipinski definition) is 3. The summed E-state index contributed by atoms with van der Waals surface area (Å²) < 4.78 is 5.40. The molecular weight excluding hydrogens is 347 g/mol. The van der Waals surface area contributed by atoms with Gasteiger partial charge in [0.15, 0.2) is 0 Å². The van der Waals surface area contributed by atoms with E-state index in [0.717, 1.165) is 38.4 Å². The quantitative estimate of drug-likeness (QED) is 0.896. The average Bonchev–Trinajstić information content (AvgIpc) is 2.56. The lowest BCUT2D eigenvalue weighted by molar-refractivity contribution is 0.0342. The van der Waals surface area contributed by atoms with Crippen molar-refractivity contribution in [2.75, 3.05) is 26.3 Å². The van der Waals surface area contributed by atoms with E-state index < -0.39 is 0 Å². The third-order valence-corrected chi connectivity index (χ3v) is 3.98. The van der Waals surface area contributed by atoms with Crippen molar-refractivity contribution in [3.05, 3.63) is 71.3 Å². The fourth-order valence-corrected chi connectivity index (χ4v) is 2.76. The number of rotatable bonds is 4. The molecule has 1 unspecified atom stereocenters. The van der Waals surface area contributed by atoms with Gasteiger partial charge < -0.3 is 15.9 Å². The van der Waals surface area contributed by atoms with Crippen molar-refractivity contribution < 1.29 is 10.2 Å². The average molecular weight is 373 g/mol. The summed E-state index contributed by atoms with van der Waals surface area (Å²) in [6, 6.07) is 18.8. The first-order valence-corrected chi connectivity index (χ1v) is 7.52. The van der Waals surface area contributed by atoms with E-state index >= 15 is 0 Å². The summed E-state index contributed by atoms with van der Waals surface area (Å²) >= 11 is 0. The highest BCUT2D eigenvalue weighted by Gasteiger charge is 2.12. The minimum Gasteiger partial charge on any atom is -0.412 e. The second kappa shape index (κ2) is 11.4. The van der Waals surface area contributed by atoms with Gasteiger partial charge in [-0.25, -0.2) is 0 Å². The molecular formula is C18H26Cl2N2O2. The summed E-state index contributed by atoms with van der Waals surface area (Å²) in [5.74, 6) is 0. The fourth-order valence-electron chi connectivity index (χ4n) is 2.76. The van der Waals surface area contributed by atoms with Crippen LogP contribution in [0.3, 0.4) is 0 Å². The lowest BCUT2D eigenvalue weighted by atomic mass is 9.98. The first kappa shape index (κ1) is 22.9. The Hall–Kier alpha value is -1.14. The van der Waals surface area contributed by atoms with Crippen LogP contribution in [0.4, 0.5) is 0 Å². The summed E-state index contributed by atoms with van der Waals surface area (Å²) in [7, 11) is 0. The molecule has 4 nitrogen and oxygen atoms in total. The molecule has 1 aliphatic rings. The van der Waals surface area contributed by atoms with E-state index in [1.165, 1.54) is 11.1 Å². The second-order valence-electron chi connectivity index (χ2n) is 5.52. The maximum atomic E-state index is 6.38. The molecule has 4 N–H and O–H groups in total. The smallest absolute Gasteiger partial charge is 0.0594 e. The second-order valence-corrected chi connectivity index (χ2v) is 5.52. The third kappa shape index (κ3) is 6.06. The van der Waals surface area contributed by atoms with Crippen LogP contribution in [0.25, 0.3) is 0 Å². The lowest BCUT2D eigenvalue weighted by Crippen LogP contribution is -2.35. The Labute approximate surface area is 156 Å². The molecule has 0 saturated carbocycles. The van der Waals surface area contributed by atoms with Crippen LogP contribution in [0.15, 0.2) is 54.6 Å². The van der Waals surface area contributed by atoms with Crippen LogP contribution in [0.2, 0.25) is 0 Å². The van der Waals surface area contributed by atoms with Gasteiger partial charge in [0, 0.05) is 19.6 Å². The molecule has 24 heavy (non-hydrogen) atoms. The number of nitrogens with zero attached hydrogens (tertiary/aromatic N) is 1. The summed E-state index contributed by atoms with van der Waals surface area (Å²) in [5, 5.41) is 0. The monoisotopic (exact) mass is 372 g/mol. The Balaban J connectivity index is 0.00000176. The van der Waals surface area contributed by atoms with Crippen molar-refractivity contribution in [1.82, 2.24) is 4.90 Å². The van der Waals surface area contributed by atoms with E-state index in [2.05, 4.69) is 41.3 Å². The van der Waals surface area contributed by atoms with Gasteiger partial charge in [0.1, 0.15) is 0 Å². The van der Waals surface area contributed by atoms with Crippen LogP contribution in [0, 0.1) is 0 Å². The van der Waals surface area contributed by atoms with Crippen molar-refractivity contribution >= 4 is 24.8 Å². The maximum Gasteiger partial charge on any atom is 0.0594 e. The van der Waals surface area contributed by atoms with Gasteiger partial charge in [0.25, 0.3) is 0 Å². The van der Waals surface area contributed by atoms with E-state index in [9.17, 15) is 0 Å². The fraction of sp³-hybridized carbons (Fsp3) is 0.333. The van der Waals surface area contributed by atoms with Crippen LogP contribution < -0.4 is 5.73 Å². The predicted octanol–water partition coefficient (Wildman–Crippen LogP) is 2.59. The molecule has 0 aliphatic carbocycles. The highest BCUT2D eigenvalue weighted by atomic mass is 35.5. The third-order valence-electron chi connectivity index (χ3n) is 3.98. The Morgan fingerprint density at radius 1 is 0.917 bits per heavy atom. The molecule has 0 spiro atoms. The van der Waals surface area contributed by atoms with Crippen molar-refractivity contribution in [2.45, 2.75) is 12.6 Å². The van der Waals surface area contributed by atoms with E-state index in [-0.39, 0.29) is 36.3 Å². The largest absolute Gasteiger partial charge is 0.412 e. The SMILES string of the molecule is Cl.Cl.NC(c1ccccc1)c1cccc(CN2CCOCC2)c1.O. The van der Waals surface area contributed by atoms with E-state index in [0.29, 0.717) is 0 Å². The van der Waals surface area contributed by atoms with Gasteiger partial charge in [-0.15, -0.1) is 24.8 Å². The van der Waals surface area contributed by atoms with Crippen LogP contribution in [0.1, 0.15) is 22.7 Å². The Morgan fingerprint density at radius 3 is 2.21 bits per heavy atom. The van der Waals surface area contributed by atoms with Gasteiger partial charge in [-0.3, -0.25) is 4.90 Å². The lowest BCUT2D eigenvalue weighted by Gasteiger charge is -2.26. The molecule has 134 valence electrons. The van der Waals surface area contributed by atoms with Gasteiger partial charge in [-0.2, -0.15) is 0 Å². The summed E-state index contributed by atoms with van der Waals surface area (Å²) in [5.41, 5.74) is 10.0. The molecule has 1 atom stereocenters. The van der Waals surface area contributed by atoms with E-state index in [1.54, 1.807) is 0 Å². The number of ether oxygens (including phenoxy) is 1. The number of hydrogen-bond donors (Lipinski definition) is 1. The minimum absolute atomic E-state index is 0. The van der Waals surface area contributed by atoms with Gasteiger partial charge in [-0.05, 0) is 16.7 Å². The minimum atomic E-state index is -0.0594. The van der Waals surface area contributed by atoms with Crippen molar-refractivity contribution in [2.24, 2.45) is 5.73 Å². The zero-order chi connectivity index (χ0) is 14.5. The summed E-state index contributed by atoms with van der Waals surface area (Å²) in [6.45, 7) is 4.66. The van der Waals surface area contributed by atoms with Crippen molar-refractivity contribution in [3.8, 4) is 0 Å².